The highest BCUT2D eigenvalue weighted by Crippen LogP contribution is 1.96. The second kappa shape index (κ2) is 6.60. The van der Waals surface area contributed by atoms with Crippen molar-refractivity contribution in [2.75, 3.05) is 25.6 Å². The highest BCUT2D eigenvalue weighted by Gasteiger charge is 2.02. The number of anilines is 1. The lowest BCUT2D eigenvalue weighted by molar-refractivity contribution is 0.210. The van der Waals surface area contributed by atoms with E-state index in [2.05, 4.69) is 20.3 Å². The molecule has 2 aromatic heterocycles. The lowest BCUT2D eigenvalue weighted by Gasteiger charge is -2.06. The van der Waals surface area contributed by atoms with Gasteiger partial charge >= 0.3 is 5.69 Å². The summed E-state index contributed by atoms with van der Waals surface area (Å²) in [6, 6.07) is 5.54. The number of rotatable bonds is 6. The van der Waals surface area contributed by atoms with Crippen molar-refractivity contribution in [3.63, 3.8) is 0 Å². The van der Waals surface area contributed by atoms with E-state index in [1.165, 1.54) is 10.9 Å². The highest BCUT2D eigenvalue weighted by molar-refractivity contribution is 5.20. The predicted octanol–water partition coefficient (Wildman–Crippen LogP) is 0.140. The number of nitrogens with zero attached hydrogens (tertiary/aromatic N) is 4. The first-order valence-corrected chi connectivity index (χ1v) is 5.86. The molecule has 7 nitrogen and oxygen atoms in total. The second-order valence-electron chi connectivity index (χ2n) is 3.83. The smallest absolute Gasteiger partial charge is 0.352 e. The third kappa shape index (κ3) is 3.85. The number of ether oxygens (including phenoxy) is 1. The van der Waals surface area contributed by atoms with Crippen molar-refractivity contribution in [1.82, 2.24) is 19.5 Å². The molecule has 100 valence electrons. The average Bonchev–Trinajstić information content (AvgIpc) is 2.43. The maximum absolute atomic E-state index is 11.8. The Hall–Kier alpha value is -2.28. The molecule has 0 atom stereocenters. The topological polar surface area (TPSA) is 81.9 Å². The summed E-state index contributed by atoms with van der Waals surface area (Å²) in [4.78, 5) is 23.8. The third-order valence-electron chi connectivity index (χ3n) is 2.41. The molecule has 7 heteroatoms. The molecule has 2 heterocycles. The summed E-state index contributed by atoms with van der Waals surface area (Å²) >= 11 is 0. The van der Waals surface area contributed by atoms with E-state index >= 15 is 0 Å². The van der Waals surface area contributed by atoms with Crippen molar-refractivity contribution in [1.29, 1.82) is 0 Å². The molecule has 0 saturated carbocycles. The molecule has 0 saturated heterocycles. The minimum atomic E-state index is -0.361. The SMILES string of the molecule is COCCNc1ncn(Cc2ccccn2)c(=O)n1. The average molecular weight is 261 g/mol. The minimum Gasteiger partial charge on any atom is -0.383 e. The van der Waals surface area contributed by atoms with E-state index in [0.29, 0.717) is 25.6 Å². The van der Waals surface area contributed by atoms with Gasteiger partial charge in [0.1, 0.15) is 6.33 Å². The highest BCUT2D eigenvalue weighted by atomic mass is 16.5. The van der Waals surface area contributed by atoms with Gasteiger partial charge < -0.3 is 10.1 Å². The van der Waals surface area contributed by atoms with Crippen LogP contribution in [0.15, 0.2) is 35.5 Å². The van der Waals surface area contributed by atoms with Crippen molar-refractivity contribution in [2.45, 2.75) is 6.54 Å². The molecule has 2 aromatic rings. The summed E-state index contributed by atoms with van der Waals surface area (Å²) in [5, 5.41) is 2.90. The van der Waals surface area contributed by atoms with Crippen molar-refractivity contribution in [2.24, 2.45) is 0 Å². The van der Waals surface area contributed by atoms with Crippen molar-refractivity contribution in [3.05, 3.63) is 46.9 Å². The second-order valence-corrected chi connectivity index (χ2v) is 3.83. The van der Waals surface area contributed by atoms with E-state index in [1.54, 1.807) is 13.3 Å². The molecule has 0 aliphatic rings. The van der Waals surface area contributed by atoms with Gasteiger partial charge in [-0.05, 0) is 12.1 Å². The molecule has 19 heavy (non-hydrogen) atoms. The lowest BCUT2D eigenvalue weighted by atomic mass is 10.3. The Kier molecular flexibility index (Phi) is 4.57. The van der Waals surface area contributed by atoms with Crippen molar-refractivity contribution >= 4 is 5.95 Å². The van der Waals surface area contributed by atoms with Crippen LogP contribution in [0.4, 0.5) is 5.95 Å². The van der Waals surface area contributed by atoms with Gasteiger partial charge in [-0.1, -0.05) is 6.07 Å². The zero-order chi connectivity index (χ0) is 13.5. The molecular weight excluding hydrogens is 246 g/mol. The summed E-state index contributed by atoms with van der Waals surface area (Å²) in [5.74, 6) is 0.305. The Morgan fingerprint density at radius 3 is 2.95 bits per heavy atom. The van der Waals surface area contributed by atoms with Gasteiger partial charge in [0.05, 0.1) is 18.8 Å². The van der Waals surface area contributed by atoms with Gasteiger partial charge in [0, 0.05) is 19.9 Å². The van der Waals surface area contributed by atoms with Gasteiger partial charge in [-0.2, -0.15) is 4.98 Å². The predicted molar refractivity (Wildman–Crippen MR) is 70.0 cm³/mol. The molecule has 0 unspecified atom stereocenters. The van der Waals surface area contributed by atoms with Crippen LogP contribution >= 0.6 is 0 Å². The van der Waals surface area contributed by atoms with Crippen molar-refractivity contribution in [3.8, 4) is 0 Å². The van der Waals surface area contributed by atoms with Crippen LogP contribution < -0.4 is 11.0 Å². The fraction of sp³-hybridized carbons (Fsp3) is 0.333. The third-order valence-corrected chi connectivity index (χ3v) is 2.41. The van der Waals surface area contributed by atoms with Crippen LogP contribution in [0.3, 0.4) is 0 Å². The van der Waals surface area contributed by atoms with E-state index in [4.69, 9.17) is 4.74 Å². The summed E-state index contributed by atoms with van der Waals surface area (Å²) in [6.45, 7) is 1.44. The Morgan fingerprint density at radius 2 is 2.26 bits per heavy atom. The van der Waals surface area contributed by atoms with Crippen LogP contribution in [0.2, 0.25) is 0 Å². The van der Waals surface area contributed by atoms with E-state index in [0.717, 1.165) is 5.69 Å². The first-order chi connectivity index (χ1) is 9.29. The first kappa shape index (κ1) is 13.2. The first-order valence-electron chi connectivity index (χ1n) is 5.86. The summed E-state index contributed by atoms with van der Waals surface area (Å²) in [5.41, 5.74) is 0.425. The molecule has 0 bridgehead atoms. The molecule has 0 aliphatic carbocycles. The van der Waals surface area contributed by atoms with E-state index in [9.17, 15) is 4.79 Å². The Bertz CT molecular complexity index is 570. The molecule has 0 aromatic carbocycles. The molecule has 0 spiro atoms. The van der Waals surface area contributed by atoms with Crippen LogP contribution in [0.25, 0.3) is 0 Å². The van der Waals surface area contributed by atoms with Gasteiger partial charge in [-0.15, -0.1) is 0 Å². The number of pyridine rings is 1. The van der Waals surface area contributed by atoms with Gasteiger partial charge in [0.15, 0.2) is 0 Å². The van der Waals surface area contributed by atoms with Crippen LogP contribution in [-0.2, 0) is 11.3 Å². The fourth-order valence-electron chi connectivity index (χ4n) is 1.48. The number of aromatic nitrogens is 4. The monoisotopic (exact) mass is 261 g/mol. The van der Waals surface area contributed by atoms with E-state index in [-0.39, 0.29) is 5.69 Å². The molecule has 0 radical (unpaired) electrons. The molecule has 2 rings (SSSR count). The Labute approximate surface area is 110 Å². The molecule has 1 N–H and O–H groups in total. The standard InChI is InChI=1S/C12H15N5O2/c1-19-7-6-14-11-15-9-17(12(18)16-11)8-10-4-2-3-5-13-10/h2-5,9H,6-8H2,1H3,(H,14,16,18). The summed E-state index contributed by atoms with van der Waals surface area (Å²) in [6.07, 6.45) is 3.14. The number of hydrogen-bond acceptors (Lipinski definition) is 6. The van der Waals surface area contributed by atoms with Crippen molar-refractivity contribution < 1.29 is 4.74 Å². The Morgan fingerprint density at radius 1 is 1.37 bits per heavy atom. The Balaban J connectivity index is 2.05. The van der Waals surface area contributed by atoms with Gasteiger partial charge in [-0.3, -0.25) is 9.55 Å². The molecular formula is C12H15N5O2. The zero-order valence-corrected chi connectivity index (χ0v) is 10.6. The van der Waals surface area contributed by atoms with Crippen LogP contribution in [0.1, 0.15) is 5.69 Å². The zero-order valence-electron chi connectivity index (χ0n) is 10.6. The quantitative estimate of drug-likeness (QED) is 0.745. The summed E-state index contributed by atoms with van der Waals surface area (Å²) in [7, 11) is 1.60. The number of nitrogens with one attached hydrogen (secondary N) is 1. The van der Waals surface area contributed by atoms with Gasteiger partial charge in [0.25, 0.3) is 0 Å². The normalized spacial score (nSPS) is 10.4. The molecule has 0 fully saturated rings. The molecule has 0 aliphatic heterocycles. The largest absolute Gasteiger partial charge is 0.383 e. The minimum absolute atomic E-state index is 0.305. The van der Waals surface area contributed by atoms with Crippen LogP contribution in [0.5, 0.6) is 0 Å². The number of methoxy groups -OCH3 is 1. The van der Waals surface area contributed by atoms with Gasteiger partial charge in [0.2, 0.25) is 5.95 Å². The van der Waals surface area contributed by atoms with Crippen LogP contribution in [0, 0.1) is 0 Å². The summed E-state index contributed by atoms with van der Waals surface area (Å²) < 4.78 is 6.29. The maximum atomic E-state index is 11.8. The number of hydrogen-bond donors (Lipinski definition) is 1. The maximum Gasteiger partial charge on any atom is 0.352 e. The molecule has 0 amide bonds. The van der Waals surface area contributed by atoms with E-state index < -0.39 is 0 Å². The lowest BCUT2D eigenvalue weighted by Crippen LogP contribution is -2.26. The van der Waals surface area contributed by atoms with E-state index in [1.807, 2.05) is 18.2 Å². The fourth-order valence-corrected chi connectivity index (χ4v) is 1.48. The van der Waals surface area contributed by atoms with Crippen LogP contribution in [-0.4, -0.2) is 39.8 Å². The van der Waals surface area contributed by atoms with Gasteiger partial charge in [-0.25, -0.2) is 9.78 Å².